The van der Waals surface area contributed by atoms with Gasteiger partial charge in [-0.25, -0.2) is 9.18 Å². The number of amides is 2. The highest BCUT2D eigenvalue weighted by Crippen LogP contribution is 2.36. The van der Waals surface area contributed by atoms with Crippen LogP contribution in [0.5, 0.6) is 0 Å². The second-order valence-corrected chi connectivity index (χ2v) is 8.12. The fourth-order valence-electron chi connectivity index (χ4n) is 3.92. The predicted octanol–water partition coefficient (Wildman–Crippen LogP) is 1.84. The van der Waals surface area contributed by atoms with Crippen molar-refractivity contribution in [2.75, 3.05) is 29.4 Å². The molecule has 8 nitrogen and oxygen atoms in total. The maximum atomic E-state index is 14.9. The highest BCUT2D eigenvalue weighted by Gasteiger charge is 2.42. The topological polar surface area (TPSA) is 99.2 Å². The zero-order valence-electron chi connectivity index (χ0n) is 17.4. The van der Waals surface area contributed by atoms with Gasteiger partial charge in [0.15, 0.2) is 5.78 Å². The molecule has 0 aromatic heterocycles. The van der Waals surface area contributed by atoms with Crippen LogP contribution in [0.2, 0.25) is 0 Å². The molecule has 4 atom stereocenters. The number of ketones is 1. The Bertz CT molecular complexity index is 831. The van der Waals surface area contributed by atoms with Crippen LogP contribution in [0.15, 0.2) is 18.2 Å². The lowest BCUT2D eigenvalue weighted by molar-refractivity contribution is -0.123. The SMILES string of the molecule is CC(=O)NC[C@H]1CN(c2ccc(N3C[C@H](C)[C@H]3C(=O)CC[C@H](C)O)c(F)c2)C(=O)O1. The zero-order chi connectivity index (χ0) is 22.0. The molecule has 0 aliphatic carbocycles. The number of Topliss-reactive ketones (excluding diaryl/α,β-unsaturated/α-hetero) is 1. The molecular weight excluding hydrogens is 393 g/mol. The van der Waals surface area contributed by atoms with Crippen LogP contribution >= 0.6 is 0 Å². The zero-order valence-corrected chi connectivity index (χ0v) is 17.4. The molecule has 2 fully saturated rings. The molecule has 0 radical (unpaired) electrons. The van der Waals surface area contributed by atoms with E-state index in [2.05, 4.69) is 5.32 Å². The van der Waals surface area contributed by atoms with E-state index >= 15 is 0 Å². The number of aliphatic hydroxyl groups is 1. The lowest BCUT2D eigenvalue weighted by Gasteiger charge is -2.47. The number of benzene rings is 1. The van der Waals surface area contributed by atoms with Gasteiger partial charge in [0.25, 0.3) is 0 Å². The van der Waals surface area contributed by atoms with Gasteiger partial charge in [-0.05, 0) is 31.5 Å². The van der Waals surface area contributed by atoms with Crippen molar-refractivity contribution in [3.63, 3.8) is 0 Å². The van der Waals surface area contributed by atoms with Crippen molar-refractivity contribution in [1.82, 2.24) is 5.32 Å². The van der Waals surface area contributed by atoms with E-state index in [0.717, 1.165) is 0 Å². The van der Waals surface area contributed by atoms with Gasteiger partial charge in [-0.3, -0.25) is 14.5 Å². The van der Waals surface area contributed by atoms with Crippen LogP contribution in [0.4, 0.5) is 20.6 Å². The van der Waals surface area contributed by atoms with Crippen LogP contribution in [-0.2, 0) is 14.3 Å². The number of nitrogens with one attached hydrogen (secondary N) is 1. The second kappa shape index (κ2) is 8.99. The minimum Gasteiger partial charge on any atom is -0.442 e. The van der Waals surface area contributed by atoms with Crippen molar-refractivity contribution in [3.8, 4) is 0 Å². The molecule has 2 heterocycles. The van der Waals surface area contributed by atoms with Gasteiger partial charge in [-0.15, -0.1) is 0 Å². The van der Waals surface area contributed by atoms with Crippen molar-refractivity contribution in [2.45, 2.75) is 51.9 Å². The van der Waals surface area contributed by atoms with Crippen molar-refractivity contribution in [2.24, 2.45) is 5.92 Å². The molecule has 2 amide bonds. The summed E-state index contributed by atoms with van der Waals surface area (Å²) in [6, 6.07) is 4.04. The van der Waals surface area contributed by atoms with Crippen molar-refractivity contribution in [1.29, 1.82) is 0 Å². The van der Waals surface area contributed by atoms with E-state index in [9.17, 15) is 23.9 Å². The van der Waals surface area contributed by atoms with Crippen LogP contribution in [0.1, 0.15) is 33.6 Å². The Morgan fingerprint density at radius 1 is 1.37 bits per heavy atom. The molecule has 2 aliphatic rings. The quantitative estimate of drug-likeness (QED) is 0.665. The van der Waals surface area contributed by atoms with Crippen molar-refractivity contribution >= 4 is 29.2 Å². The monoisotopic (exact) mass is 421 g/mol. The van der Waals surface area contributed by atoms with E-state index in [4.69, 9.17) is 4.74 Å². The molecule has 0 bridgehead atoms. The lowest BCUT2D eigenvalue weighted by Crippen LogP contribution is -2.59. The smallest absolute Gasteiger partial charge is 0.414 e. The fourth-order valence-corrected chi connectivity index (χ4v) is 3.92. The van der Waals surface area contributed by atoms with Gasteiger partial charge in [0.2, 0.25) is 5.91 Å². The normalized spacial score (nSPS) is 24.3. The molecule has 0 spiro atoms. The molecule has 2 N–H and O–H groups in total. The third kappa shape index (κ3) is 4.72. The van der Waals surface area contributed by atoms with Crippen molar-refractivity contribution in [3.05, 3.63) is 24.0 Å². The summed E-state index contributed by atoms with van der Waals surface area (Å²) in [5.74, 6) is -0.650. The van der Waals surface area contributed by atoms with E-state index in [-0.39, 0.29) is 37.1 Å². The van der Waals surface area contributed by atoms with Crippen LogP contribution in [0.25, 0.3) is 0 Å². The Balaban J connectivity index is 1.69. The molecule has 0 saturated carbocycles. The minimum absolute atomic E-state index is 0.0120. The molecule has 1 aromatic carbocycles. The summed E-state index contributed by atoms with van der Waals surface area (Å²) in [6.07, 6.45) is -1.02. The van der Waals surface area contributed by atoms with E-state index in [1.165, 1.54) is 17.9 Å². The van der Waals surface area contributed by atoms with E-state index in [1.54, 1.807) is 24.0 Å². The molecule has 2 aliphatic heterocycles. The van der Waals surface area contributed by atoms with E-state index in [1.807, 2.05) is 6.92 Å². The van der Waals surface area contributed by atoms with Gasteiger partial charge in [0.1, 0.15) is 11.9 Å². The molecule has 164 valence electrons. The molecule has 9 heteroatoms. The number of rotatable bonds is 8. The number of nitrogens with zero attached hydrogens (tertiary/aromatic N) is 2. The Labute approximate surface area is 175 Å². The third-order valence-corrected chi connectivity index (χ3v) is 5.50. The summed E-state index contributed by atoms with van der Waals surface area (Å²) in [6.45, 7) is 5.92. The number of anilines is 2. The first-order chi connectivity index (χ1) is 14.2. The number of ether oxygens (including phenoxy) is 1. The van der Waals surface area contributed by atoms with Gasteiger partial charge in [0.05, 0.1) is 36.6 Å². The highest BCUT2D eigenvalue weighted by atomic mass is 19.1. The molecule has 30 heavy (non-hydrogen) atoms. The van der Waals surface area contributed by atoms with Gasteiger partial charge in [-0.1, -0.05) is 6.92 Å². The van der Waals surface area contributed by atoms with Gasteiger partial charge in [0, 0.05) is 25.8 Å². The molecule has 0 unspecified atom stereocenters. The van der Waals surface area contributed by atoms with Crippen LogP contribution in [0.3, 0.4) is 0 Å². The summed E-state index contributed by atoms with van der Waals surface area (Å²) in [7, 11) is 0. The summed E-state index contributed by atoms with van der Waals surface area (Å²) in [5.41, 5.74) is 0.673. The number of cyclic esters (lactones) is 1. The summed E-state index contributed by atoms with van der Waals surface area (Å²) >= 11 is 0. The maximum absolute atomic E-state index is 14.9. The lowest BCUT2D eigenvalue weighted by atomic mass is 9.84. The summed E-state index contributed by atoms with van der Waals surface area (Å²) in [5, 5.41) is 12.0. The van der Waals surface area contributed by atoms with E-state index in [0.29, 0.717) is 24.3 Å². The van der Waals surface area contributed by atoms with Crippen LogP contribution in [0, 0.1) is 11.7 Å². The average Bonchev–Trinajstić information content (AvgIpc) is 3.03. The molecular formula is C21H28FN3O5. The molecule has 3 rings (SSSR count). The third-order valence-electron chi connectivity index (χ3n) is 5.50. The number of hydrogen-bond acceptors (Lipinski definition) is 6. The van der Waals surface area contributed by atoms with Gasteiger partial charge >= 0.3 is 6.09 Å². The average molecular weight is 421 g/mol. The highest BCUT2D eigenvalue weighted by molar-refractivity contribution is 5.91. The standard InChI is InChI=1S/C21H28FN3O5/c1-12-10-25(20(12)19(28)7-4-13(2)26)18-6-5-15(8-17(18)22)24-11-16(30-21(24)29)9-23-14(3)27/h5-6,8,12-13,16,20,26H,4,7,9-11H2,1-3H3,(H,23,27)/t12-,13-,16-,20-/m0/s1. The van der Waals surface area contributed by atoms with E-state index < -0.39 is 30.2 Å². The fraction of sp³-hybridized carbons (Fsp3) is 0.571. The summed E-state index contributed by atoms with van der Waals surface area (Å²) in [4.78, 5) is 38.7. The van der Waals surface area contributed by atoms with Crippen LogP contribution in [-0.4, -0.2) is 60.8 Å². The number of hydrogen-bond donors (Lipinski definition) is 2. The first kappa shape index (κ1) is 22.0. The van der Waals surface area contributed by atoms with Crippen LogP contribution < -0.4 is 15.1 Å². The second-order valence-electron chi connectivity index (χ2n) is 8.12. The number of halogens is 1. The number of carbonyl (C=O) groups is 3. The van der Waals surface area contributed by atoms with Crippen molar-refractivity contribution < 1.29 is 28.6 Å². The molecule has 2 saturated heterocycles. The number of carbonyl (C=O) groups excluding carboxylic acids is 3. The van der Waals surface area contributed by atoms with Gasteiger partial charge in [-0.2, -0.15) is 0 Å². The van der Waals surface area contributed by atoms with Gasteiger partial charge < -0.3 is 20.1 Å². The Hall–Kier alpha value is -2.68. The molecule has 1 aromatic rings. The first-order valence-electron chi connectivity index (χ1n) is 10.2. The Kier molecular flexibility index (Phi) is 6.60. The largest absolute Gasteiger partial charge is 0.442 e. The summed E-state index contributed by atoms with van der Waals surface area (Å²) < 4.78 is 20.1. The Morgan fingerprint density at radius 3 is 2.70 bits per heavy atom. The predicted molar refractivity (Wildman–Crippen MR) is 109 cm³/mol. The number of aliphatic hydroxyl groups excluding tert-OH is 1. The Morgan fingerprint density at radius 2 is 2.10 bits per heavy atom. The first-order valence-corrected chi connectivity index (χ1v) is 10.2. The maximum Gasteiger partial charge on any atom is 0.414 e. The minimum atomic E-state index is -0.596.